The number of hydrogen-bond donors (Lipinski definition) is 3. The summed E-state index contributed by atoms with van der Waals surface area (Å²) in [7, 11) is 1.64. The summed E-state index contributed by atoms with van der Waals surface area (Å²) in [5.74, 6) is 5.79. The molecule has 1 aromatic heterocycles. The molecular weight excluding hydrogens is 390 g/mol. The normalized spacial score (nSPS) is 18.6. The van der Waals surface area contributed by atoms with E-state index in [9.17, 15) is 9.90 Å². The van der Waals surface area contributed by atoms with Crippen molar-refractivity contribution in [3.63, 3.8) is 0 Å². The highest BCUT2D eigenvalue weighted by Crippen LogP contribution is 2.43. The van der Waals surface area contributed by atoms with Crippen molar-refractivity contribution in [3.8, 4) is 11.8 Å². The number of hydrogen-bond acceptors (Lipinski definition) is 4. The van der Waals surface area contributed by atoms with Crippen LogP contribution < -0.4 is 21.6 Å². The topological polar surface area (TPSA) is 89.5 Å². The average molecular weight is 420 g/mol. The zero-order valence-corrected chi connectivity index (χ0v) is 18.3. The number of carbonyl (C=O) groups excluding carboxylic acids is 1. The lowest BCUT2D eigenvalue weighted by Crippen LogP contribution is -2.37. The van der Waals surface area contributed by atoms with Crippen LogP contribution in [0.4, 0.5) is 5.69 Å². The van der Waals surface area contributed by atoms with Crippen molar-refractivity contribution in [3.05, 3.63) is 51.7 Å². The third-order valence-corrected chi connectivity index (χ3v) is 6.06. The Balaban J connectivity index is 1.81. The SMILES string of the molecule is C=c1/c(=C(\C)N)c(C(=O)Nc2ccc(COC)cc2)c(C#CC2(O)CC2)n1C1(C)CC1. The number of carbonyl (C=O) groups is 1. The van der Waals surface area contributed by atoms with Gasteiger partial charge in [-0.05, 0) is 63.1 Å². The van der Waals surface area contributed by atoms with E-state index < -0.39 is 5.60 Å². The molecule has 0 aliphatic heterocycles. The third-order valence-electron chi connectivity index (χ3n) is 6.06. The first-order valence-corrected chi connectivity index (χ1v) is 10.5. The first kappa shape index (κ1) is 21.2. The molecule has 1 amide bonds. The Hall–Kier alpha value is -3.01. The van der Waals surface area contributed by atoms with Crippen LogP contribution in [0.1, 0.15) is 61.1 Å². The molecule has 6 nitrogen and oxygen atoms in total. The fraction of sp³-hybridized carbons (Fsp3) is 0.400. The van der Waals surface area contributed by atoms with Gasteiger partial charge in [-0.2, -0.15) is 0 Å². The van der Waals surface area contributed by atoms with Crippen molar-refractivity contribution in [1.82, 2.24) is 4.57 Å². The van der Waals surface area contributed by atoms with Gasteiger partial charge in [0.15, 0.2) is 0 Å². The zero-order valence-electron chi connectivity index (χ0n) is 18.3. The summed E-state index contributed by atoms with van der Waals surface area (Å²) in [4.78, 5) is 13.4. The second-order valence-corrected chi connectivity index (χ2v) is 8.93. The number of rotatable bonds is 5. The first-order valence-electron chi connectivity index (χ1n) is 10.5. The van der Waals surface area contributed by atoms with Crippen LogP contribution in [-0.2, 0) is 16.9 Å². The number of nitrogens with zero attached hydrogens (tertiary/aromatic N) is 1. The molecule has 0 radical (unpaired) electrons. The summed E-state index contributed by atoms with van der Waals surface area (Å²) in [5.41, 5.74) is 8.30. The Labute approximate surface area is 182 Å². The van der Waals surface area contributed by atoms with E-state index in [1.54, 1.807) is 14.0 Å². The van der Waals surface area contributed by atoms with Crippen LogP contribution in [0.15, 0.2) is 24.3 Å². The molecule has 0 spiro atoms. The molecule has 1 heterocycles. The molecule has 0 saturated heterocycles. The minimum absolute atomic E-state index is 0.141. The lowest BCUT2D eigenvalue weighted by atomic mass is 10.1. The predicted octanol–water partition coefficient (Wildman–Crippen LogP) is 1.77. The van der Waals surface area contributed by atoms with E-state index in [-0.39, 0.29) is 11.4 Å². The van der Waals surface area contributed by atoms with Gasteiger partial charge in [-0.3, -0.25) is 4.79 Å². The van der Waals surface area contributed by atoms with E-state index in [1.165, 1.54) is 0 Å². The summed E-state index contributed by atoms with van der Waals surface area (Å²) >= 11 is 0. The van der Waals surface area contributed by atoms with Crippen LogP contribution in [0.25, 0.3) is 12.3 Å². The van der Waals surface area contributed by atoms with Crippen molar-refractivity contribution in [1.29, 1.82) is 0 Å². The lowest BCUT2D eigenvalue weighted by Gasteiger charge is -2.15. The molecule has 2 aromatic rings. The minimum atomic E-state index is -0.951. The molecule has 2 aliphatic rings. The van der Waals surface area contributed by atoms with Gasteiger partial charge in [-0.25, -0.2) is 0 Å². The van der Waals surface area contributed by atoms with Crippen molar-refractivity contribution >= 4 is 23.9 Å². The standard InChI is InChI=1S/C25H29N3O3/c1-16(26)21-17(2)28(24(3)11-12-24)20(9-10-25(30)13-14-25)22(21)23(29)27-19-7-5-18(6-8-19)15-31-4/h5-8,30H,2,11-15,26H2,1,3-4H3,(H,27,29)/b21-16-. The highest BCUT2D eigenvalue weighted by atomic mass is 16.5. The molecule has 2 saturated carbocycles. The second-order valence-electron chi connectivity index (χ2n) is 8.93. The van der Waals surface area contributed by atoms with Gasteiger partial charge in [0.1, 0.15) is 11.3 Å². The molecule has 2 fully saturated rings. The van der Waals surface area contributed by atoms with E-state index in [0.29, 0.717) is 52.7 Å². The maximum Gasteiger partial charge on any atom is 0.259 e. The van der Waals surface area contributed by atoms with Crippen LogP contribution >= 0.6 is 0 Å². The van der Waals surface area contributed by atoms with E-state index in [4.69, 9.17) is 10.5 Å². The van der Waals surface area contributed by atoms with Gasteiger partial charge < -0.3 is 25.5 Å². The molecule has 0 unspecified atom stereocenters. The van der Waals surface area contributed by atoms with Crippen LogP contribution in [-0.4, -0.2) is 28.3 Å². The van der Waals surface area contributed by atoms with Crippen LogP contribution in [0.3, 0.4) is 0 Å². The molecule has 31 heavy (non-hydrogen) atoms. The maximum absolute atomic E-state index is 13.4. The number of amides is 1. The van der Waals surface area contributed by atoms with Crippen molar-refractivity contribution in [2.75, 3.05) is 12.4 Å². The number of anilines is 1. The van der Waals surface area contributed by atoms with Gasteiger partial charge in [0.2, 0.25) is 0 Å². The van der Waals surface area contributed by atoms with Crippen molar-refractivity contribution in [2.24, 2.45) is 5.73 Å². The molecular formula is C25H29N3O3. The fourth-order valence-electron chi connectivity index (χ4n) is 3.85. The Morgan fingerprint density at radius 2 is 1.94 bits per heavy atom. The number of methoxy groups -OCH3 is 1. The molecule has 2 aliphatic carbocycles. The van der Waals surface area contributed by atoms with Gasteiger partial charge in [0, 0.05) is 34.6 Å². The number of ether oxygens (including phenoxy) is 1. The largest absolute Gasteiger partial charge is 0.402 e. The Morgan fingerprint density at radius 3 is 2.45 bits per heavy atom. The summed E-state index contributed by atoms with van der Waals surface area (Å²) in [5, 5.41) is 14.6. The minimum Gasteiger partial charge on any atom is -0.402 e. The quantitative estimate of drug-likeness (QED) is 0.645. The van der Waals surface area contributed by atoms with Crippen molar-refractivity contribution < 1.29 is 14.6 Å². The van der Waals surface area contributed by atoms with Crippen LogP contribution in [0, 0.1) is 11.8 Å². The van der Waals surface area contributed by atoms with E-state index in [2.05, 4.69) is 30.7 Å². The first-order chi connectivity index (χ1) is 14.7. The predicted molar refractivity (Wildman–Crippen MR) is 122 cm³/mol. The van der Waals surface area contributed by atoms with Gasteiger partial charge in [-0.1, -0.05) is 24.6 Å². The molecule has 4 rings (SSSR count). The number of aliphatic hydroxyl groups is 1. The molecule has 162 valence electrons. The number of aromatic nitrogens is 1. The maximum atomic E-state index is 13.4. The van der Waals surface area contributed by atoms with Gasteiger partial charge in [0.25, 0.3) is 5.91 Å². The third kappa shape index (κ3) is 4.12. The highest BCUT2D eigenvalue weighted by Gasteiger charge is 2.43. The van der Waals surface area contributed by atoms with Crippen LogP contribution in [0.2, 0.25) is 0 Å². The monoisotopic (exact) mass is 419 g/mol. The molecule has 4 N–H and O–H groups in total. The van der Waals surface area contributed by atoms with Gasteiger partial charge in [-0.15, -0.1) is 0 Å². The number of nitrogens with one attached hydrogen (secondary N) is 1. The second kappa shape index (κ2) is 7.60. The van der Waals surface area contributed by atoms with E-state index >= 15 is 0 Å². The van der Waals surface area contributed by atoms with Gasteiger partial charge >= 0.3 is 0 Å². The average Bonchev–Trinajstić information content (AvgIpc) is 3.61. The molecule has 6 heteroatoms. The van der Waals surface area contributed by atoms with Crippen LogP contribution in [0.5, 0.6) is 0 Å². The fourth-order valence-corrected chi connectivity index (χ4v) is 3.85. The Kier molecular flexibility index (Phi) is 5.20. The summed E-state index contributed by atoms with van der Waals surface area (Å²) in [6.45, 7) is 8.66. The highest BCUT2D eigenvalue weighted by molar-refractivity contribution is 6.06. The van der Waals surface area contributed by atoms with Gasteiger partial charge in [0.05, 0.1) is 12.2 Å². The summed E-state index contributed by atoms with van der Waals surface area (Å²) in [6.07, 6.45) is 3.27. The molecule has 0 atom stereocenters. The smallest absolute Gasteiger partial charge is 0.259 e. The zero-order chi connectivity index (χ0) is 22.4. The van der Waals surface area contributed by atoms with E-state index in [1.807, 2.05) is 28.8 Å². The summed E-state index contributed by atoms with van der Waals surface area (Å²) in [6, 6.07) is 7.50. The lowest BCUT2D eigenvalue weighted by molar-refractivity contribution is 0.102. The van der Waals surface area contributed by atoms with Crippen molar-refractivity contribution in [2.45, 2.75) is 57.3 Å². The molecule has 1 aromatic carbocycles. The Morgan fingerprint density at radius 1 is 1.29 bits per heavy atom. The number of nitrogens with two attached hydrogens (primary N) is 1. The summed E-state index contributed by atoms with van der Waals surface area (Å²) < 4.78 is 7.18. The molecule has 0 bridgehead atoms. The number of benzene rings is 1. The van der Waals surface area contributed by atoms with E-state index in [0.717, 1.165) is 18.4 Å². The Bertz CT molecular complexity index is 1200.